The van der Waals surface area contributed by atoms with Gasteiger partial charge in [0.05, 0.1) is 22.8 Å². The molecule has 2 rings (SSSR count). The third-order valence-electron chi connectivity index (χ3n) is 2.85. The lowest BCUT2D eigenvalue weighted by molar-refractivity contribution is -0.385. The van der Waals surface area contributed by atoms with Crippen molar-refractivity contribution in [3.05, 3.63) is 38.2 Å². The SMILES string of the molecule is CCOc1c(-c2csc(CNC)n2)cc(C)cc1[N+](=O)[O-]. The van der Waals surface area contributed by atoms with E-state index >= 15 is 0 Å². The summed E-state index contributed by atoms with van der Waals surface area (Å²) in [5.41, 5.74) is 2.17. The number of rotatable bonds is 6. The highest BCUT2D eigenvalue weighted by atomic mass is 32.1. The quantitative estimate of drug-likeness (QED) is 0.655. The highest BCUT2D eigenvalue weighted by Crippen LogP contribution is 2.39. The Kier molecular flexibility index (Phi) is 4.87. The van der Waals surface area contributed by atoms with Crippen LogP contribution < -0.4 is 10.1 Å². The third-order valence-corrected chi connectivity index (χ3v) is 3.70. The predicted octanol–water partition coefficient (Wildman–Crippen LogP) is 3.14. The average Bonchev–Trinajstić information content (AvgIpc) is 2.89. The zero-order chi connectivity index (χ0) is 15.4. The third kappa shape index (κ3) is 3.37. The maximum absolute atomic E-state index is 11.2. The van der Waals surface area contributed by atoms with Gasteiger partial charge < -0.3 is 10.1 Å². The van der Waals surface area contributed by atoms with Gasteiger partial charge in [-0.15, -0.1) is 11.3 Å². The topological polar surface area (TPSA) is 77.3 Å². The Hall–Kier alpha value is -1.99. The van der Waals surface area contributed by atoms with Crippen molar-refractivity contribution < 1.29 is 9.66 Å². The average molecular weight is 307 g/mol. The van der Waals surface area contributed by atoms with Crippen LogP contribution in [0.2, 0.25) is 0 Å². The molecule has 1 N–H and O–H groups in total. The van der Waals surface area contributed by atoms with Gasteiger partial charge in [-0.2, -0.15) is 0 Å². The molecule has 0 amide bonds. The fraction of sp³-hybridized carbons (Fsp3) is 0.357. The normalized spacial score (nSPS) is 10.6. The summed E-state index contributed by atoms with van der Waals surface area (Å²) in [6.07, 6.45) is 0. The van der Waals surface area contributed by atoms with Crippen molar-refractivity contribution in [1.29, 1.82) is 0 Å². The zero-order valence-electron chi connectivity index (χ0n) is 12.2. The van der Waals surface area contributed by atoms with Gasteiger partial charge >= 0.3 is 5.69 Å². The molecule has 0 atom stereocenters. The number of nitro groups is 1. The molecule has 0 fully saturated rings. The minimum atomic E-state index is -0.414. The molecular formula is C14H17N3O3S. The molecule has 1 aromatic heterocycles. The predicted molar refractivity (Wildman–Crippen MR) is 82.9 cm³/mol. The van der Waals surface area contributed by atoms with E-state index < -0.39 is 4.92 Å². The molecule has 112 valence electrons. The fourth-order valence-corrected chi connectivity index (χ4v) is 2.85. The van der Waals surface area contributed by atoms with E-state index in [-0.39, 0.29) is 11.4 Å². The van der Waals surface area contributed by atoms with Gasteiger partial charge in [-0.1, -0.05) is 0 Å². The summed E-state index contributed by atoms with van der Waals surface area (Å²) in [5, 5.41) is 17.1. The summed E-state index contributed by atoms with van der Waals surface area (Å²) in [6.45, 7) is 4.67. The highest BCUT2D eigenvalue weighted by Gasteiger charge is 2.22. The Labute approximate surface area is 126 Å². The van der Waals surface area contributed by atoms with Crippen molar-refractivity contribution in [1.82, 2.24) is 10.3 Å². The minimum absolute atomic E-state index is 0.0185. The molecule has 0 spiro atoms. The number of nitrogens with zero attached hydrogens (tertiary/aromatic N) is 2. The molecule has 0 aliphatic rings. The van der Waals surface area contributed by atoms with E-state index in [2.05, 4.69) is 10.3 Å². The van der Waals surface area contributed by atoms with Crippen LogP contribution in [0.1, 0.15) is 17.5 Å². The first kappa shape index (κ1) is 15.4. The Morgan fingerprint density at radius 1 is 1.48 bits per heavy atom. The van der Waals surface area contributed by atoms with Gasteiger partial charge in [0, 0.05) is 18.0 Å². The van der Waals surface area contributed by atoms with Crippen molar-refractivity contribution >= 4 is 17.0 Å². The second-order valence-corrected chi connectivity index (χ2v) is 5.45. The Morgan fingerprint density at radius 2 is 2.24 bits per heavy atom. The first-order valence-corrected chi connectivity index (χ1v) is 7.46. The summed E-state index contributed by atoms with van der Waals surface area (Å²) in [4.78, 5) is 15.3. The standard InChI is InChI=1S/C14H17N3O3S/c1-4-20-14-10(5-9(2)6-12(14)17(18)19)11-8-21-13(16-11)7-15-3/h5-6,8,15H,4,7H2,1-3H3. The number of hydrogen-bond acceptors (Lipinski definition) is 6. The number of nitro benzene ring substituents is 1. The summed E-state index contributed by atoms with van der Waals surface area (Å²) >= 11 is 1.52. The van der Waals surface area contributed by atoms with Gasteiger partial charge in [0.25, 0.3) is 0 Å². The molecule has 0 radical (unpaired) electrons. The largest absolute Gasteiger partial charge is 0.487 e. The molecule has 1 aromatic carbocycles. The molecule has 6 nitrogen and oxygen atoms in total. The van der Waals surface area contributed by atoms with Crippen LogP contribution in [-0.4, -0.2) is 23.6 Å². The van der Waals surface area contributed by atoms with Crippen LogP contribution >= 0.6 is 11.3 Å². The number of nitrogens with one attached hydrogen (secondary N) is 1. The van der Waals surface area contributed by atoms with Crippen molar-refractivity contribution in [2.45, 2.75) is 20.4 Å². The van der Waals surface area contributed by atoms with Gasteiger partial charge in [-0.25, -0.2) is 4.98 Å². The molecular weight excluding hydrogens is 290 g/mol. The number of aryl methyl sites for hydroxylation is 1. The zero-order valence-corrected chi connectivity index (χ0v) is 13.0. The van der Waals surface area contributed by atoms with Crippen LogP contribution in [-0.2, 0) is 6.54 Å². The van der Waals surface area contributed by atoms with E-state index in [4.69, 9.17) is 4.74 Å². The lowest BCUT2D eigenvalue weighted by atomic mass is 10.1. The lowest BCUT2D eigenvalue weighted by Crippen LogP contribution is -2.04. The van der Waals surface area contributed by atoms with Crippen LogP contribution in [0.15, 0.2) is 17.5 Å². The second kappa shape index (κ2) is 6.64. The maximum atomic E-state index is 11.2. The van der Waals surface area contributed by atoms with Crippen molar-refractivity contribution in [2.24, 2.45) is 0 Å². The Balaban J connectivity index is 2.56. The van der Waals surface area contributed by atoms with Crippen LogP contribution in [0.3, 0.4) is 0 Å². The van der Waals surface area contributed by atoms with Gasteiger partial charge in [0.2, 0.25) is 5.75 Å². The van der Waals surface area contributed by atoms with Crippen LogP contribution in [0.4, 0.5) is 5.69 Å². The highest BCUT2D eigenvalue weighted by molar-refractivity contribution is 7.09. The lowest BCUT2D eigenvalue weighted by Gasteiger charge is -2.10. The number of thiazole rings is 1. The number of hydrogen-bond donors (Lipinski definition) is 1. The second-order valence-electron chi connectivity index (χ2n) is 4.51. The van der Waals surface area contributed by atoms with E-state index in [0.717, 1.165) is 10.6 Å². The monoisotopic (exact) mass is 307 g/mol. The molecule has 0 aliphatic heterocycles. The van der Waals surface area contributed by atoms with Gasteiger partial charge in [0.15, 0.2) is 0 Å². The molecule has 21 heavy (non-hydrogen) atoms. The van der Waals surface area contributed by atoms with E-state index in [9.17, 15) is 10.1 Å². The van der Waals surface area contributed by atoms with E-state index in [1.807, 2.05) is 25.4 Å². The van der Waals surface area contributed by atoms with Crippen molar-refractivity contribution in [3.8, 4) is 17.0 Å². The molecule has 0 saturated heterocycles. The summed E-state index contributed by atoms with van der Waals surface area (Å²) in [5.74, 6) is 0.286. The molecule has 7 heteroatoms. The number of aromatic nitrogens is 1. The van der Waals surface area contributed by atoms with Crippen LogP contribution in [0.5, 0.6) is 5.75 Å². The molecule has 1 heterocycles. The molecule has 0 bridgehead atoms. The maximum Gasteiger partial charge on any atom is 0.311 e. The van der Waals surface area contributed by atoms with E-state index in [1.54, 1.807) is 6.92 Å². The number of ether oxygens (including phenoxy) is 1. The van der Waals surface area contributed by atoms with E-state index in [0.29, 0.717) is 24.4 Å². The van der Waals surface area contributed by atoms with Crippen LogP contribution in [0, 0.1) is 17.0 Å². The van der Waals surface area contributed by atoms with E-state index in [1.165, 1.54) is 17.4 Å². The fourth-order valence-electron chi connectivity index (χ4n) is 2.04. The molecule has 2 aromatic rings. The van der Waals surface area contributed by atoms with Crippen LogP contribution in [0.25, 0.3) is 11.3 Å². The summed E-state index contributed by atoms with van der Waals surface area (Å²) in [6, 6.07) is 3.39. The van der Waals surface area contributed by atoms with Crippen molar-refractivity contribution in [3.63, 3.8) is 0 Å². The number of benzene rings is 1. The smallest absolute Gasteiger partial charge is 0.311 e. The first-order chi connectivity index (χ1) is 10.1. The Morgan fingerprint density at radius 3 is 2.86 bits per heavy atom. The van der Waals surface area contributed by atoms with Crippen molar-refractivity contribution in [2.75, 3.05) is 13.7 Å². The minimum Gasteiger partial charge on any atom is -0.487 e. The van der Waals surface area contributed by atoms with Gasteiger partial charge in [0.1, 0.15) is 5.01 Å². The summed E-state index contributed by atoms with van der Waals surface area (Å²) in [7, 11) is 1.85. The molecule has 0 saturated carbocycles. The molecule has 0 unspecified atom stereocenters. The molecule has 0 aliphatic carbocycles. The first-order valence-electron chi connectivity index (χ1n) is 6.58. The van der Waals surface area contributed by atoms with Gasteiger partial charge in [-0.05, 0) is 32.5 Å². The summed E-state index contributed by atoms with van der Waals surface area (Å²) < 4.78 is 5.52. The Bertz CT molecular complexity index is 655. The van der Waals surface area contributed by atoms with Gasteiger partial charge in [-0.3, -0.25) is 10.1 Å².